The summed E-state index contributed by atoms with van der Waals surface area (Å²) in [6.07, 6.45) is 7.58. The molecule has 0 atom stereocenters. The molecule has 0 saturated heterocycles. The number of rotatable bonds is 7. The van der Waals surface area contributed by atoms with E-state index in [2.05, 4.69) is 15.3 Å². The normalized spacial score (nSPS) is 13.3. The number of aromatic nitrogens is 3. The SMILES string of the molecule is O=C(CSc1nc(=O)n(CCCO)c2c1CCCC2)Nc1cccnc1. The van der Waals surface area contributed by atoms with Gasteiger partial charge in [-0.3, -0.25) is 14.3 Å². The Hall–Kier alpha value is -2.19. The smallest absolute Gasteiger partial charge is 0.348 e. The summed E-state index contributed by atoms with van der Waals surface area (Å²) in [6.45, 7) is 0.531. The van der Waals surface area contributed by atoms with Crippen molar-refractivity contribution in [3.63, 3.8) is 0 Å². The molecular formula is C18H22N4O3S. The molecule has 1 aliphatic rings. The second-order valence-corrected chi connectivity index (χ2v) is 7.10. The molecule has 7 nitrogen and oxygen atoms in total. The van der Waals surface area contributed by atoms with Crippen molar-refractivity contribution in [1.82, 2.24) is 14.5 Å². The standard InChI is InChI=1S/C18H22N4O3S/c23-10-4-9-22-15-7-2-1-6-14(15)17(21-18(22)25)26-12-16(24)20-13-5-3-8-19-11-13/h3,5,8,11,23H,1-2,4,6-7,9-10,12H2,(H,20,24). The molecule has 138 valence electrons. The van der Waals surface area contributed by atoms with E-state index in [9.17, 15) is 9.59 Å². The third-order valence-corrected chi connectivity index (χ3v) is 5.29. The molecule has 2 N–H and O–H groups in total. The maximum Gasteiger partial charge on any atom is 0.348 e. The lowest BCUT2D eigenvalue weighted by Crippen LogP contribution is -2.30. The number of aliphatic hydroxyl groups excluding tert-OH is 1. The van der Waals surface area contributed by atoms with Gasteiger partial charge in [0.2, 0.25) is 5.91 Å². The Balaban J connectivity index is 1.74. The van der Waals surface area contributed by atoms with Crippen LogP contribution in [-0.4, -0.2) is 37.9 Å². The van der Waals surface area contributed by atoms with E-state index in [4.69, 9.17) is 5.11 Å². The first-order chi connectivity index (χ1) is 12.7. The van der Waals surface area contributed by atoms with Crippen LogP contribution in [0.3, 0.4) is 0 Å². The number of nitrogens with one attached hydrogen (secondary N) is 1. The van der Waals surface area contributed by atoms with Crippen LogP contribution in [0.5, 0.6) is 0 Å². The Morgan fingerprint density at radius 3 is 2.96 bits per heavy atom. The van der Waals surface area contributed by atoms with Gasteiger partial charge in [0, 0.05) is 30.6 Å². The first-order valence-electron chi connectivity index (χ1n) is 8.75. The Morgan fingerprint density at radius 2 is 2.19 bits per heavy atom. The maximum atomic E-state index is 12.4. The number of nitrogens with zero attached hydrogens (tertiary/aromatic N) is 3. The lowest BCUT2D eigenvalue weighted by molar-refractivity contribution is -0.113. The highest BCUT2D eigenvalue weighted by Gasteiger charge is 2.20. The van der Waals surface area contributed by atoms with Gasteiger partial charge in [-0.15, -0.1) is 0 Å². The average Bonchev–Trinajstić information content (AvgIpc) is 2.66. The fourth-order valence-electron chi connectivity index (χ4n) is 3.09. The van der Waals surface area contributed by atoms with Crippen LogP contribution >= 0.6 is 11.8 Å². The number of hydrogen-bond donors (Lipinski definition) is 2. The summed E-state index contributed by atoms with van der Waals surface area (Å²) in [7, 11) is 0. The minimum atomic E-state index is -0.297. The summed E-state index contributed by atoms with van der Waals surface area (Å²) >= 11 is 1.30. The van der Waals surface area contributed by atoms with Crippen LogP contribution < -0.4 is 11.0 Å². The number of aliphatic hydroxyl groups is 1. The van der Waals surface area contributed by atoms with Crippen molar-refractivity contribution >= 4 is 23.4 Å². The summed E-state index contributed by atoms with van der Waals surface area (Å²) in [4.78, 5) is 32.7. The van der Waals surface area contributed by atoms with Gasteiger partial charge in [-0.05, 0) is 44.2 Å². The van der Waals surface area contributed by atoms with Crippen LogP contribution in [0.1, 0.15) is 30.5 Å². The van der Waals surface area contributed by atoms with E-state index < -0.39 is 0 Å². The summed E-state index contributed by atoms with van der Waals surface area (Å²) in [5.41, 5.74) is 2.44. The monoisotopic (exact) mass is 374 g/mol. The van der Waals surface area contributed by atoms with Gasteiger partial charge in [0.05, 0.1) is 17.6 Å². The van der Waals surface area contributed by atoms with E-state index in [0.29, 0.717) is 23.7 Å². The average molecular weight is 374 g/mol. The molecule has 0 unspecified atom stereocenters. The molecule has 2 aromatic rings. The van der Waals surface area contributed by atoms with Gasteiger partial charge < -0.3 is 10.4 Å². The molecule has 0 saturated carbocycles. The van der Waals surface area contributed by atoms with E-state index in [1.54, 1.807) is 29.1 Å². The molecule has 0 spiro atoms. The topological polar surface area (TPSA) is 97.1 Å². The first kappa shape index (κ1) is 18.6. The molecular weight excluding hydrogens is 352 g/mol. The third kappa shape index (κ3) is 4.50. The molecule has 0 fully saturated rings. The Bertz CT molecular complexity index is 823. The van der Waals surface area contributed by atoms with Crippen LogP contribution in [0.2, 0.25) is 0 Å². The van der Waals surface area contributed by atoms with Crippen LogP contribution in [-0.2, 0) is 24.2 Å². The van der Waals surface area contributed by atoms with E-state index in [0.717, 1.165) is 36.9 Å². The highest BCUT2D eigenvalue weighted by Crippen LogP contribution is 2.28. The molecule has 26 heavy (non-hydrogen) atoms. The predicted octanol–water partition coefficient (Wildman–Crippen LogP) is 1.63. The fraction of sp³-hybridized carbons (Fsp3) is 0.444. The zero-order valence-electron chi connectivity index (χ0n) is 14.5. The second kappa shape index (κ2) is 8.95. The van der Waals surface area contributed by atoms with Gasteiger partial charge in [-0.2, -0.15) is 4.98 Å². The largest absolute Gasteiger partial charge is 0.396 e. The van der Waals surface area contributed by atoms with Crippen LogP contribution in [0, 0.1) is 0 Å². The number of thioether (sulfide) groups is 1. The fourth-order valence-corrected chi connectivity index (χ4v) is 3.97. The number of amides is 1. The maximum absolute atomic E-state index is 12.4. The van der Waals surface area contributed by atoms with Gasteiger partial charge in [0.15, 0.2) is 0 Å². The molecule has 3 rings (SSSR count). The first-order valence-corrected chi connectivity index (χ1v) is 9.73. The molecule has 0 radical (unpaired) electrons. The van der Waals surface area contributed by atoms with Gasteiger partial charge in [-0.1, -0.05) is 11.8 Å². The van der Waals surface area contributed by atoms with Crippen molar-refractivity contribution in [2.75, 3.05) is 17.7 Å². The quantitative estimate of drug-likeness (QED) is 0.565. The molecule has 8 heteroatoms. The summed E-state index contributed by atoms with van der Waals surface area (Å²) in [5.74, 6) is 0.0350. The molecule has 0 aromatic carbocycles. The molecule has 2 heterocycles. The summed E-state index contributed by atoms with van der Waals surface area (Å²) in [6, 6.07) is 3.53. The number of hydrogen-bond acceptors (Lipinski definition) is 6. The van der Waals surface area contributed by atoms with Crippen molar-refractivity contribution in [2.24, 2.45) is 0 Å². The van der Waals surface area contributed by atoms with Crippen molar-refractivity contribution in [3.8, 4) is 0 Å². The van der Waals surface area contributed by atoms with E-state index in [1.807, 2.05) is 0 Å². The third-order valence-electron chi connectivity index (χ3n) is 4.28. The number of fused-ring (bicyclic) bond motifs is 1. The molecule has 0 bridgehead atoms. The minimum Gasteiger partial charge on any atom is -0.396 e. The van der Waals surface area contributed by atoms with Crippen LogP contribution in [0.15, 0.2) is 34.3 Å². The predicted molar refractivity (Wildman–Crippen MR) is 100 cm³/mol. The van der Waals surface area contributed by atoms with Crippen molar-refractivity contribution in [3.05, 3.63) is 46.3 Å². The molecule has 2 aromatic heterocycles. The van der Waals surface area contributed by atoms with Crippen molar-refractivity contribution in [2.45, 2.75) is 43.7 Å². The van der Waals surface area contributed by atoms with Gasteiger partial charge in [0.25, 0.3) is 0 Å². The van der Waals surface area contributed by atoms with E-state index in [1.165, 1.54) is 11.8 Å². The number of carbonyl (C=O) groups is 1. The van der Waals surface area contributed by atoms with Crippen molar-refractivity contribution < 1.29 is 9.90 Å². The highest BCUT2D eigenvalue weighted by atomic mass is 32.2. The minimum absolute atomic E-state index is 0.0478. The second-order valence-electron chi connectivity index (χ2n) is 6.14. The lowest BCUT2D eigenvalue weighted by Gasteiger charge is -2.22. The highest BCUT2D eigenvalue weighted by molar-refractivity contribution is 8.00. The number of carbonyl (C=O) groups excluding carboxylic acids is 1. The number of pyridine rings is 1. The Morgan fingerprint density at radius 1 is 1.35 bits per heavy atom. The van der Waals surface area contributed by atoms with Crippen molar-refractivity contribution in [1.29, 1.82) is 0 Å². The lowest BCUT2D eigenvalue weighted by atomic mass is 9.97. The molecule has 1 amide bonds. The molecule has 1 aliphatic carbocycles. The zero-order chi connectivity index (χ0) is 18.4. The van der Waals surface area contributed by atoms with E-state index in [-0.39, 0.29) is 24.0 Å². The van der Waals surface area contributed by atoms with Gasteiger partial charge in [0.1, 0.15) is 5.03 Å². The Kier molecular flexibility index (Phi) is 6.40. The Labute approximate surface area is 155 Å². The molecule has 0 aliphatic heterocycles. The summed E-state index contributed by atoms with van der Waals surface area (Å²) < 4.78 is 1.69. The van der Waals surface area contributed by atoms with Gasteiger partial charge >= 0.3 is 5.69 Å². The van der Waals surface area contributed by atoms with Crippen LogP contribution in [0.25, 0.3) is 0 Å². The summed E-state index contributed by atoms with van der Waals surface area (Å²) in [5, 5.41) is 12.5. The van der Waals surface area contributed by atoms with E-state index >= 15 is 0 Å². The van der Waals surface area contributed by atoms with Crippen LogP contribution in [0.4, 0.5) is 5.69 Å². The van der Waals surface area contributed by atoms with Gasteiger partial charge in [-0.25, -0.2) is 4.79 Å². The zero-order valence-corrected chi connectivity index (χ0v) is 15.3. The number of anilines is 1.